The molecule has 0 radical (unpaired) electrons. The number of hydrogen-bond donors (Lipinski definition) is 1. The highest BCUT2D eigenvalue weighted by Gasteiger charge is 2.36. The molecule has 1 N–H and O–H groups in total. The van der Waals surface area contributed by atoms with Crippen LogP contribution in [0.1, 0.15) is 24.8 Å². The predicted molar refractivity (Wildman–Crippen MR) is 118 cm³/mol. The van der Waals surface area contributed by atoms with Crippen molar-refractivity contribution in [2.24, 2.45) is 5.92 Å². The van der Waals surface area contributed by atoms with Crippen LogP contribution in [0.4, 0.5) is 30.2 Å². The van der Waals surface area contributed by atoms with E-state index in [0.29, 0.717) is 45.1 Å². The van der Waals surface area contributed by atoms with Gasteiger partial charge >= 0.3 is 6.18 Å². The number of rotatable bonds is 5. The van der Waals surface area contributed by atoms with Gasteiger partial charge in [-0.3, -0.25) is 14.9 Å². The van der Waals surface area contributed by atoms with Crippen LogP contribution < -0.4 is 10.2 Å². The van der Waals surface area contributed by atoms with Gasteiger partial charge in [-0.05, 0) is 43.5 Å². The molecule has 2 fully saturated rings. The van der Waals surface area contributed by atoms with E-state index in [1.165, 1.54) is 0 Å². The highest BCUT2D eigenvalue weighted by atomic mass is 19.4. The van der Waals surface area contributed by atoms with Crippen LogP contribution in [0.25, 0.3) is 0 Å². The molecule has 1 amide bonds. The first-order chi connectivity index (χ1) is 15.7. The fraction of sp³-hybridized carbons (Fsp3) is 0.435. The third kappa shape index (κ3) is 5.20. The lowest BCUT2D eigenvalue weighted by Crippen LogP contribution is -2.42. The van der Waals surface area contributed by atoms with Crippen LogP contribution in [0.2, 0.25) is 0 Å². The fourth-order valence-electron chi connectivity index (χ4n) is 4.59. The summed E-state index contributed by atoms with van der Waals surface area (Å²) in [6.07, 6.45) is -2.78. The van der Waals surface area contributed by atoms with Crippen LogP contribution in [-0.2, 0) is 11.0 Å². The number of halogens is 3. The Labute approximate surface area is 189 Å². The van der Waals surface area contributed by atoms with Crippen molar-refractivity contribution in [1.82, 2.24) is 4.90 Å². The number of piperidine rings is 1. The maximum atomic E-state index is 13.0. The molecule has 0 aromatic heterocycles. The van der Waals surface area contributed by atoms with Gasteiger partial charge < -0.3 is 15.1 Å². The van der Waals surface area contributed by atoms with Crippen LogP contribution in [0.3, 0.4) is 0 Å². The van der Waals surface area contributed by atoms with Crippen LogP contribution in [0.15, 0.2) is 48.5 Å². The number of likely N-dealkylation sites (tertiary alicyclic amines) is 1. The molecule has 2 aliphatic heterocycles. The van der Waals surface area contributed by atoms with E-state index in [-0.39, 0.29) is 23.6 Å². The number of alkyl halides is 3. The molecule has 1 unspecified atom stereocenters. The standard InChI is InChI=1S/C23H25F3N4O3/c24-23(25,26)17-6-7-20(21(14-17)30(32)33)28-11-8-16(9-12-28)22(31)29-13-10-19(15-29)27-18-4-2-1-3-5-18/h1-7,14,16,19,27H,8-13,15H2. The van der Waals surface area contributed by atoms with Crippen molar-refractivity contribution in [3.63, 3.8) is 0 Å². The molecule has 0 spiro atoms. The van der Waals surface area contributed by atoms with Gasteiger partial charge in [0.25, 0.3) is 5.69 Å². The molecule has 2 aromatic rings. The van der Waals surface area contributed by atoms with Crippen LogP contribution in [0.5, 0.6) is 0 Å². The molecule has 2 aliphatic rings. The van der Waals surface area contributed by atoms with Gasteiger partial charge in [-0.15, -0.1) is 0 Å². The van der Waals surface area contributed by atoms with Crippen molar-refractivity contribution in [1.29, 1.82) is 0 Å². The third-order valence-corrected chi connectivity index (χ3v) is 6.33. The number of carbonyl (C=O) groups excluding carboxylic acids is 1. The van der Waals surface area contributed by atoms with Crippen molar-refractivity contribution < 1.29 is 22.9 Å². The third-order valence-electron chi connectivity index (χ3n) is 6.33. The molecule has 0 aliphatic carbocycles. The molecule has 10 heteroatoms. The van der Waals surface area contributed by atoms with E-state index in [4.69, 9.17) is 0 Å². The topological polar surface area (TPSA) is 78.7 Å². The zero-order valence-electron chi connectivity index (χ0n) is 17.9. The first-order valence-corrected chi connectivity index (χ1v) is 10.9. The summed E-state index contributed by atoms with van der Waals surface area (Å²) in [6.45, 7) is 2.05. The Hall–Kier alpha value is -3.30. The molecule has 2 saturated heterocycles. The number of nitro groups is 1. The Morgan fingerprint density at radius 3 is 2.36 bits per heavy atom. The SMILES string of the molecule is O=C(C1CCN(c2ccc(C(F)(F)F)cc2[N+](=O)[O-])CC1)N1CCC(Nc2ccccc2)C1. The number of amides is 1. The Kier molecular flexibility index (Phi) is 6.44. The Morgan fingerprint density at radius 1 is 1.03 bits per heavy atom. The number of para-hydroxylation sites is 1. The average molecular weight is 462 g/mol. The molecule has 4 rings (SSSR count). The van der Waals surface area contributed by atoms with E-state index in [1.807, 2.05) is 35.2 Å². The number of nitrogens with zero attached hydrogens (tertiary/aromatic N) is 3. The lowest BCUT2D eigenvalue weighted by molar-refractivity contribution is -0.384. The quantitative estimate of drug-likeness (QED) is 0.521. The van der Waals surface area contributed by atoms with Gasteiger partial charge in [0.1, 0.15) is 5.69 Å². The van der Waals surface area contributed by atoms with Crippen LogP contribution in [-0.4, -0.2) is 48.0 Å². The minimum absolute atomic E-state index is 0.0777. The molecular formula is C23H25F3N4O3. The van der Waals surface area contributed by atoms with Crippen molar-refractivity contribution in [2.75, 3.05) is 36.4 Å². The van der Waals surface area contributed by atoms with Crippen molar-refractivity contribution >= 4 is 23.0 Å². The zero-order chi connectivity index (χ0) is 23.6. The fourth-order valence-corrected chi connectivity index (χ4v) is 4.59. The predicted octanol–water partition coefficient (Wildman–Crippen LogP) is 4.54. The first-order valence-electron chi connectivity index (χ1n) is 10.9. The minimum Gasteiger partial charge on any atom is -0.380 e. The lowest BCUT2D eigenvalue weighted by atomic mass is 9.94. The van der Waals surface area contributed by atoms with Gasteiger partial charge in [0.2, 0.25) is 5.91 Å². The summed E-state index contributed by atoms with van der Waals surface area (Å²) in [5.41, 5.74) is -0.435. The second-order valence-electron chi connectivity index (χ2n) is 8.50. The largest absolute Gasteiger partial charge is 0.416 e. The van der Waals surface area contributed by atoms with Gasteiger partial charge in [-0.2, -0.15) is 13.2 Å². The molecule has 2 heterocycles. The summed E-state index contributed by atoms with van der Waals surface area (Å²) in [5, 5.41) is 14.8. The smallest absolute Gasteiger partial charge is 0.380 e. The molecular weight excluding hydrogens is 437 g/mol. The summed E-state index contributed by atoms with van der Waals surface area (Å²) in [4.78, 5) is 27.2. The van der Waals surface area contributed by atoms with Gasteiger partial charge in [-0.1, -0.05) is 18.2 Å². The molecule has 33 heavy (non-hydrogen) atoms. The number of nitro benzene ring substituents is 1. The molecule has 0 bridgehead atoms. The second-order valence-corrected chi connectivity index (χ2v) is 8.50. The number of nitrogens with one attached hydrogen (secondary N) is 1. The van der Waals surface area contributed by atoms with E-state index in [9.17, 15) is 28.1 Å². The van der Waals surface area contributed by atoms with Crippen LogP contribution in [0, 0.1) is 16.0 Å². The summed E-state index contributed by atoms with van der Waals surface area (Å²) in [7, 11) is 0. The summed E-state index contributed by atoms with van der Waals surface area (Å²) < 4.78 is 38.9. The van der Waals surface area contributed by atoms with Crippen molar-refractivity contribution in [3.8, 4) is 0 Å². The van der Waals surface area contributed by atoms with Gasteiger partial charge in [0, 0.05) is 49.9 Å². The second kappa shape index (κ2) is 9.29. The van der Waals surface area contributed by atoms with E-state index in [2.05, 4.69) is 5.32 Å². The Bertz CT molecular complexity index is 1010. The zero-order valence-corrected chi connectivity index (χ0v) is 17.9. The highest BCUT2D eigenvalue weighted by Crippen LogP contribution is 2.38. The number of hydrogen-bond acceptors (Lipinski definition) is 5. The maximum Gasteiger partial charge on any atom is 0.416 e. The Morgan fingerprint density at radius 2 is 1.73 bits per heavy atom. The van der Waals surface area contributed by atoms with E-state index >= 15 is 0 Å². The number of carbonyl (C=O) groups is 1. The van der Waals surface area contributed by atoms with E-state index < -0.39 is 22.4 Å². The molecule has 176 valence electrons. The van der Waals surface area contributed by atoms with Gasteiger partial charge in [0.15, 0.2) is 0 Å². The van der Waals surface area contributed by atoms with E-state index in [0.717, 1.165) is 24.2 Å². The summed E-state index contributed by atoms with van der Waals surface area (Å²) in [6, 6.07) is 12.6. The highest BCUT2D eigenvalue weighted by molar-refractivity contribution is 5.80. The number of anilines is 2. The number of benzene rings is 2. The molecule has 2 aromatic carbocycles. The molecule has 0 saturated carbocycles. The summed E-state index contributed by atoms with van der Waals surface area (Å²) >= 11 is 0. The van der Waals surface area contributed by atoms with Crippen LogP contribution >= 0.6 is 0 Å². The van der Waals surface area contributed by atoms with E-state index in [1.54, 1.807) is 4.90 Å². The normalized spacial score (nSPS) is 19.5. The summed E-state index contributed by atoms with van der Waals surface area (Å²) in [5.74, 6) is -0.112. The molecule has 1 atom stereocenters. The average Bonchev–Trinajstić information content (AvgIpc) is 3.27. The lowest BCUT2D eigenvalue weighted by Gasteiger charge is -2.34. The van der Waals surface area contributed by atoms with Gasteiger partial charge in [0.05, 0.1) is 10.5 Å². The van der Waals surface area contributed by atoms with Gasteiger partial charge in [-0.25, -0.2) is 0 Å². The van der Waals surface area contributed by atoms with Crippen molar-refractivity contribution in [2.45, 2.75) is 31.5 Å². The molecule has 7 nitrogen and oxygen atoms in total. The minimum atomic E-state index is -4.65. The van der Waals surface area contributed by atoms with Crippen molar-refractivity contribution in [3.05, 3.63) is 64.2 Å². The monoisotopic (exact) mass is 462 g/mol. The maximum absolute atomic E-state index is 13.0. The first kappa shape index (κ1) is 22.9. The Balaban J connectivity index is 1.35.